The first-order chi connectivity index (χ1) is 9.24. The molecule has 0 saturated carbocycles. The number of nitrogens with one attached hydrogen (secondary N) is 1. The summed E-state index contributed by atoms with van der Waals surface area (Å²) >= 11 is 7.33. The average Bonchev–Trinajstić information content (AvgIpc) is 2.98. The molecule has 1 aromatic heterocycles. The van der Waals surface area contributed by atoms with Crippen molar-refractivity contribution in [1.82, 2.24) is 10.3 Å². The normalized spacial score (nSPS) is 12.1. The fraction of sp³-hybridized carbons (Fsp3) is 0.286. The number of hydrogen-bond acceptors (Lipinski definition) is 3. The van der Waals surface area contributed by atoms with Crippen LogP contribution in [0, 0.1) is 0 Å². The second-order valence-corrected chi connectivity index (χ2v) is 5.33. The van der Waals surface area contributed by atoms with Crippen molar-refractivity contribution in [3.05, 3.63) is 52.0 Å². The molecule has 1 unspecified atom stereocenters. The molecular weight excluding hydrogens is 280 g/mol. The fourth-order valence-electron chi connectivity index (χ4n) is 1.78. The van der Waals surface area contributed by atoms with E-state index in [0.717, 1.165) is 17.0 Å². The predicted molar refractivity (Wildman–Crippen MR) is 78.6 cm³/mol. The SMILES string of the molecule is CCC(NC(=O)c1cccc(CCl)c1)c1nccs1. The summed E-state index contributed by atoms with van der Waals surface area (Å²) in [5.74, 6) is 0.319. The molecule has 0 radical (unpaired) electrons. The zero-order chi connectivity index (χ0) is 13.7. The van der Waals surface area contributed by atoms with Crippen LogP contribution >= 0.6 is 22.9 Å². The Balaban J connectivity index is 2.11. The van der Waals surface area contributed by atoms with Gasteiger partial charge in [0.2, 0.25) is 0 Å². The van der Waals surface area contributed by atoms with Crippen molar-refractivity contribution >= 4 is 28.8 Å². The van der Waals surface area contributed by atoms with Gasteiger partial charge < -0.3 is 5.32 Å². The van der Waals surface area contributed by atoms with Crippen LogP contribution in [0.5, 0.6) is 0 Å². The van der Waals surface area contributed by atoms with Crippen molar-refractivity contribution in [2.75, 3.05) is 0 Å². The Morgan fingerprint density at radius 1 is 1.53 bits per heavy atom. The third-order valence-electron chi connectivity index (χ3n) is 2.81. The number of carbonyl (C=O) groups is 1. The molecule has 19 heavy (non-hydrogen) atoms. The number of aromatic nitrogens is 1. The van der Waals surface area contributed by atoms with E-state index in [9.17, 15) is 4.79 Å². The molecule has 2 rings (SSSR count). The third-order valence-corrected chi connectivity index (χ3v) is 4.00. The molecule has 0 spiro atoms. The molecule has 0 bridgehead atoms. The van der Waals surface area contributed by atoms with E-state index in [-0.39, 0.29) is 11.9 Å². The molecule has 5 heteroatoms. The van der Waals surface area contributed by atoms with Gasteiger partial charge in [-0.3, -0.25) is 4.79 Å². The Morgan fingerprint density at radius 2 is 2.37 bits per heavy atom. The molecule has 100 valence electrons. The number of rotatable bonds is 5. The van der Waals surface area contributed by atoms with Crippen molar-refractivity contribution in [2.45, 2.75) is 25.3 Å². The van der Waals surface area contributed by atoms with Crippen molar-refractivity contribution in [3.8, 4) is 0 Å². The van der Waals surface area contributed by atoms with Crippen molar-refractivity contribution < 1.29 is 4.79 Å². The van der Waals surface area contributed by atoms with E-state index in [1.807, 2.05) is 30.5 Å². The second-order valence-electron chi connectivity index (χ2n) is 4.14. The minimum Gasteiger partial charge on any atom is -0.343 e. The highest BCUT2D eigenvalue weighted by Gasteiger charge is 2.16. The number of halogens is 1. The molecule has 0 aliphatic heterocycles. The lowest BCUT2D eigenvalue weighted by Crippen LogP contribution is -2.28. The lowest BCUT2D eigenvalue weighted by molar-refractivity contribution is 0.0935. The average molecular weight is 295 g/mol. The van der Waals surface area contributed by atoms with Crippen molar-refractivity contribution in [2.24, 2.45) is 0 Å². The third kappa shape index (κ3) is 3.55. The molecule has 0 saturated heterocycles. The molecule has 1 heterocycles. The van der Waals surface area contributed by atoms with Crippen LogP contribution in [0.1, 0.15) is 40.3 Å². The number of nitrogens with zero attached hydrogens (tertiary/aromatic N) is 1. The molecule has 0 aliphatic rings. The number of benzene rings is 1. The maximum atomic E-state index is 12.2. The van der Waals surface area contributed by atoms with Gasteiger partial charge in [-0.15, -0.1) is 22.9 Å². The largest absolute Gasteiger partial charge is 0.343 e. The lowest BCUT2D eigenvalue weighted by Gasteiger charge is -2.14. The summed E-state index contributed by atoms with van der Waals surface area (Å²) in [4.78, 5) is 16.5. The summed E-state index contributed by atoms with van der Waals surface area (Å²) in [6.45, 7) is 2.03. The Hall–Kier alpha value is -1.39. The zero-order valence-corrected chi connectivity index (χ0v) is 12.2. The molecule has 0 aliphatic carbocycles. The summed E-state index contributed by atoms with van der Waals surface area (Å²) in [5.41, 5.74) is 1.57. The highest BCUT2D eigenvalue weighted by Crippen LogP contribution is 2.19. The maximum absolute atomic E-state index is 12.2. The highest BCUT2D eigenvalue weighted by molar-refractivity contribution is 7.09. The smallest absolute Gasteiger partial charge is 0.251 e. The molecule has 3 nitrogen and oxygen atoms in total. The molecule has 1 atom stereocenters. The first-order valence-corrected chi connectivity index (χ1v) is 7.51. The van der Waals surface area contributed by atoms with Crippen LogP contribution in [-0.2, 0) is 5.88 Å². The van der Waals surface area contributed by atoms with Crippen molar-refractivity contribution in [3.63, 3.8) is 0 Å². The number of hydrogen-bond donors (Lipinski definition) is 1. The topological polar surface area (TPSA) is 42.0 Å². The Kier molecular flexibility index (Phi) is 4.93. The predicted octanol–water partition coefficient (Wildman–Crippen LogP) is 3.76. The summed E-state index contributed by atoms with van der Waals surface area (Å²) in [6.07, 6.45) is 2.57. The van der Waals surface area contributed by atoms with E-state index in [2.05, 4.69) is 10.3 Å². The van der Waals surface area contributed by atoms with Gasteiger partial charge in [-0.2, -0.15) is 0 Å². The Bertz CT molecular complexity index is 542. The number of amides is 1. The molecule has 0 fully saturated rings. The molecule has 2 aromatic rings. The number of thiazole rings is 1. The van der Waals surface area contributed by atoms with E-state index in [1.54, 1.807) is 23.6 Å². The summed E-state index contributed by atoms with van der Waals surface area (Å²) in [6, 6.07) is 7.32. The Labute approximate surface area is 121 Å². The van der Waals surface area contributed by atoms with Crippen LogP contribution in [0.15, 0.2) is 35.8 Å². The number of carbonyl (C=O) groups excluding carboxylic acids is 1. The van der Waals surface area contributed by atoms with Crippen LogP contribution < -0.4 is 5.32 Å². The summed E-state index contributed by atoms with van der Waals surface area (Å²) < 4.78 is 0. The second kappa shape index (κ2) is 6.68. The van der Waals surface area contributed by atoms with E-state index in [4.69, 9.17) is 11.6 Å². The van der Waals surface area contributed by atoms with Crippen molar-refractivity contribution in [1.29, 1.82) is 0 Å². The van der Waals surface area contributed by atoms with Gasteiger partial charge in [-0.25, -0.2) is 4.98 Å². The molecule has 1 aromatic carbocycles. The summed E-state index contributed by atoms with van der Waals surface area (Å²) in [5, 5.41) is 5.85. The van der Waals surface area contributed by atoms with E-state index >= 15 is 0 Å². The molecular formula is C14H15ClN2OS. The minimum absolute atomic E-state index is 0.0350. The number of alkyl halides is 1. The Morgan fingerprint density at radius 3 is 3.00 bits per heavy atom. The van der Waals surface area contributed by atoms with Gasteiger partial charge in [-0.1, -0.05) is 19.1 Å². The van der Waals surface area contributed by atoms with E-state index in [1.165, 1.54) is 0 Å². The van der Waals surface area contributed by atoms with Gasteiger partial charge in [0.1, 0.15) is 5.01 Å². The van der Waals surface area contributed by atoms with E-state index < -0.39 is 0 Å². The van der Waals surface area contributed by atoms with Gasteiger partial charge in [-0.05, 0) is 24.1 Å². The van der Waals surface area contributed by atoms with Gasteiger partial charge in [0, 0.05) is 23.0 Å². The highest BCUT2D eigenvalue weighted by atomic mass is 35.5. The minimum atomic E-state index is -0.0889. The monoisotopic (exact) mass is 294 g/mol. The van der Waals surface area contributed by atoms with Crippen LogP contribution in [0.4, 0.5) is 0 Å². The van der Waals surface area contributed by atoms with Crippen LogP contribution in [0.3, 0.4) is 0 Å². The summed E-state index contributed by atoms with van der Waals surface area (Å²) in [7, 11) is 0. The quantitative estimate of drug-likeness (QED) is 0.853. The van der Waals surface area contributed by atoms with Gasteiger partial charge in [0.25, 0.3) is 5.91 Å². The maximum Gasteiger partial charge on any atom is 0.251 e. The van der Waals surface area contributed by atoms with Crippen LogP contribution in [0.25, 0.3) is 0 Å². The zero-order valence-electron chi connectivity index (χ0n) is 10.6. The van der Waals surface area contributed by atoms with Gasteiger partial charge in [0.05, 0.1) is 6.04 Å². The first kappa shape index (κ1) is 14.0. The standard InChI is InChI=1S/C14H15ClN2OS/c1-2-12(14-16-6-7-19-14)17-13(18)11-5-3-4-10(8-11)9-15/h3-8,12H,2,9H2,1H3,(H,17,18). The van der Waals surface area contributed by atoms with Crippen LogP contribution in [0.2, 0.25) is 0 Å². The molecule has 1 N–H and O–H groups in total. The van der Waals surface area contributed by atoms with Gasteiger partial charge >= 0.3 is 0 Å². The van der Waals surface area contributed by atoms with Crippen LogP contribution in [-0.4, -0.2) is 10.9 Å². The van der Waals surface area contributed by atoms with E-state index in [0.29, 0.717) is 11.4 Å². The molecule has 1 amide bonds. The van der Waals surface area contributed by atoms with Gasteiger partial charge in [0.15, 0.2) is 0 Å². The first-order valence-electron chi connectivity index (χ1n) is 6.09. The lowest BCUT2D eigenvalue weighted by atomic mass is 10.1. The fourth-order valence-corrected chi connectivity index (χ4v) is 2.72.